The van der Waals surface area contributed by atoms with Gasteiger partial charge in [-0.05, 0) is 39.0 Å². The molecule has 1 amide bonds. The molecular formula is C12H18N4O2. The Morgan fingerprint density at radius 3 is 2.33 bits per heavy atom. The van der Waals surface area contributed by atoms with Crippen molar-refractivity contribution in [1.82, 2.24) is 0 Å². The molecule has 0 saturated carbocycles. The predicted molar refractivity (Wildman–Crippen MR) is 72.2 cm³/mol. The average molecular weight is 250 g/mol. The first-order chi connectivity index (χ1) is 8.19. The van der Waals surface area contributed by atoms with Crippen LogP contribution in [0.3, 0.4) is 0 Å². The van der Waals surface area contributed by atoms with Crippen LogP contribution in [-0.4, -0.2) is 17.5 Å². The lowest BCUT2D eigenvalue weighted by Crippen LogP contribution is -2.24. The molecule has 18 heavy (non-hydrogen) atoms. The number of nitrogens with zero attached hydrogens (tertiary/aromatic N) is 1. The molecule has 1 aromatic carbocycles. The second-order valence-corrected chi connectivity index (χ2v) is 4.82. The van der Waals surface area contributed by atoms with Gasteiger partial charge in [-0.1, -0.05) is 0 Å². The number of anilines is 2. The lowest BCUT2D eigenvalue weighted by atomic mass is 10.1. The molecule has 0 aliphatic carbocycles. The van der Waals surface area contributed by atoms with Crippen molar-refractivity contribution in [2.45, 2.75) is 26.4 Å². The number of hydrogen-bond acceptors (Lipinski definition) is 4. The summed E-state index contributed by atoms with van der Waals surface area (Å²) in [7, 11) is 0. The monoisotopic (exact) mass is 250 g/mol. The minimum absolute atomic E-state index is 0.0379. The molecule has 0 aromatic heterocycles. The van der Waals surface area contributed by atoms with E-state index in [1.165, 1.54) is 0 Å². The quantitative estimate of drug-likeness (QED) is 0.396. The van der Waals surface area contributed by atoms with Crippen LogP contribution in [0.4, 0.5) is 16.2 Å². The molecule has 0 fully saturated rings. The third-order valence-electron chi connectivity index (χ3n) is 1.99. The van der Waals surface area contributed by atoms with Gasteiger partial charge < -0.3 is 21.9 Å². The normalized spacial score (nSPS) is 12.3. The first kappa shape index (κ1) is 13.8. The van der Waals surface area contributed by atoms with Gasteiger partial charge in [0.1, 0.15) is 11.4 Å². The number of rotatable bonds is 1. The molecule has 6 heteroatoms. The molecule has 1 rings (SSSR count). The third-order valence-corrected chi connectivity index (χ3v) is 1.99. The van der Waals surface area contributed by atoms with Crippen LogP contribution in [-0.2, 0) is 4.74 Å². The van der Waals surface area contributed by atoms with Crippen LogP contribution in [0.5, 0.6) is 0 Å². The maximum Gasteiger partial charge on any atom is 0.436 e. The minimum atomic E-state index is -0.740. The fraction of sp³-hybridized carbons (Fsp3) is 0.333. The van der Waals surface area contributed by atoms with E-state index in [1.54, 1.807) is 39.0 Å². The van der Waals surface area contributed by atoms with Gasteiger partial charge in [0.15, 0.2) is 0 Å². The van der Waals surface area contributed by atoms with Gasteiger partial charge in [-0.2, -0.15) is 4.99 Å². The van der Waals surface area contributed by atoms with Crippen LogP contribution in [0.25, 0.3) is 0 Å². The number of amidine groups is 1. The predicted octanol–water partition coefficient (Wildman–Crippen LogP) is 1.49. The number of ether oxygens (including phenoxy) is 1. The van der Waals surface area contributed by atoms with Gasteiger partial charge in [-0.25, -0.2) is 4.79 Å². The number of nitrogen functional groups attached to an aromatic ring is 2. The van der Waals surface area contributed by atoms with Crippen LogP contribution in [0.1, 0.15) is 26.3 Å². The Bertz CT molecular complexity index is 489. The van der Waals surface area contributed by atoms with Crippen molar-refractivity contribution < 1.29 is 9.53 Å². The topological polar surface area (TPSA) is 117 Å². The van der Waals surface area contributed by atoms with E-state index < -0.39 is 11.7 Å². The number of aliphatic imine (C=N–C) groups is 1. The molecule has 0 unspecified atom stereocenters. The van der Waals surface area contributed by atoms with Crippen molar-refractivity contribution in [3.05, 3.63) is 23.8 Å². The summed E-state index contributed by atoms with van der Waals surface area (Å²) in [5.41, 5.74) is 17.6. The molecule has 0 atom stereocenters. The zero-order valence-corrected chi connectivity index (χ0v) is 10.7. The van der Waals surface area contributed by atoms with Gasteiger partial charge in [0.25, 0.3) is 0 Å². The number of amides is 1. The summed E-state index contributed by atoms with van der Waals surface area (Å²) >= 11 is 0. The van der Waals surface area contributed by atoms with E-state index >= 15 is 0 Å². The van der Waals surface area contributed by atoms with Gasteiger partial charge in [0.2, 0.25) is 0 Å². The van der Waals surface area contributed by atoms with Crippen LogP contribution < -0.4 is 17.2 Å². The van der Waals surface area contributed by atoms with E-state index in [4.69, 9.17) is 21.9 Å². The molecule has 98 valence electrons. The fourth-order valence-electron chi connectivity index (χ4n) is 1.18. The minimum Gasteiger partial charge on any atom is -0.442 e. The maximum absolute atomic E-state index is 11.4. The highest BCUT2D eigenvalue weighted by molar-refractivity contribution is 6.03. The zero-order chi connectivity index (χ0) is 13.9. The molecule has 6 N–H and O–H groups in total. The third kappa shape index (κ3) is 3.97. The highest BCUT2D eigenvalue weighted by Crippen LogP contribution is 2.16. The maximum atomic E-state index is 11.4. The second-order valence-electron chi connectivity index (χ2n) is 4.82. The number of benzene rings is 1. The summed E-state index contributed by atoms with van der Waals surface area (Å²) in [5.74, 6) is 0.0379. The summed E-state index contributed by atoms with van der Waals surface area (Å²) in [6, 6.07) is 4.79. The Morgan fingerprint density at radius 1 is 1.22 bits per heavy atom. The summed E-state index contributed by atoms with van der Waals surface area (Å²) in [6.45, 7) is 5.24. The standard InChI is InChI=1S/C12H18N4O2/c1-12(2,3)18-11(17)16-10(15)7-4-5-8(13)9(14)6-7/h4-6H,13-14H2,1-3H3,(H2,15,16,17). The van der Waals surface area contributed by atoms with Crippen molar-refractivity contribution in [3.8, 4) is 0 Å². The average Bonchev–Trinajstić information content (AvgIpc) is 2.18. The van der Waals surface area contributed by atoms with Gasteiger partial charge in [-0.3, -0.25) is 0 Å². The molecule has 6 nitrogen and oxygen atoms in total. The highest BCUT2D eigenvalue weighted by atomic mass is 16.6. The summed E-state index contributed by atoms with van der Waals surface area (Å²) < 4.78 is 5.02. The first-order valence-corrected chi connectivity index (χ1v) is 5.41. The number of hydrogen-bond donors (Lipinski definition) is 3. The molecule has 0 bridgehead atoms. The summed E-state index contributed by atoms with van der Waals surface area (Å²) in [5, 5.41) is 0. The van der Waals surface area contributed by atoms with Crippen LogP contribution >= 0.6 is 0 Å². The van der Waals surface area contributed by atoms with E-state index in [9.17, 15) is 4.79 Å². The highest BCUT2D eigenvalue weighted by Gasteiger charge is 2.16. The molecule has 0 radical (unpaired) electrons. The Morgan fingerprint density at radius 2 is 1.83 bits per heavy atom. The van der Waals surface area contributed by atoms with Crippen molar-refractivity contribution >= 4 is 23.3 Å². The van der Waals surface area contributed by atoms with Crippen molar-refractivity contribution in [2.24, 2.45) is 10.7 Å². The molecule has 0 spiro atoms. The Labute approximate surface area is 106 Å². The largest absolute Gasteiger partial charge is 0.442 e. The SMILES string of the molecule is CC(C)(C)OC(=O)/N=C(\N)c1ccc(N)c(N)c1. The molecule has 1 aromatic rings. The molecule has 0 aliphatic rings. The molecular weight excluding hydrogens is 232 g/mol. The Hall–Kier alpha value is -2.24. The Balaban J connectivity index is 2.89. The van der Waals surface area contributed by atoms with E-state index in [0.29, 0.717) is 16.9 Å². The number of nitrogens with two attached hydrogens (primary N) is 3. The number of carbonyl (C=O) groups is 1. The lowest BCUT2D eigenvalue weighted by Gasteiger charge is -2.17. The van der Waals surface area contributed by atoms with Crippen molar-refractivity contribution in [1.29, 1.82) is 0 Å². The zero-order valence-electron chi connectivity index (χ0n) is 10.7. The van der Waals surface area contributed by atoms with E-state index in [1.807, 2.05) is 0 Å². The fourth-order valence-corrected chi connectivity index (χ4v) is 1.18. The van der Waals surface area contributed by atoms with Gasteiger partial charge in [0.05, 0.1) is 11.4 Å². The molecule has 0 aliphatic heterocycles. The van der Waals surface area contributed by atoms with Crippen LogP contribution in [0.15, 0.2) is 23.2 Å². The van der Waals surface area contributed by atoms with Gasteiger partial charge in [-0.15, -0.1) is 0 Å². The van der Waals surface area contributed by atoms with Crippen LogP contribution in [0, 0.1) is 0 Å². The summed E-state index contributed by atoms with van der Waals surface area (Å²) in [6.07, 6.45) is -0.740. The van der Waals surface area contributed by atoms with Crippen molar-refractivity contribution in [3.63, 3.8) is 0 Å². The smallest absolute Gasteiger partial charge is 0.436 e. The van der Waals surface area contributed by atoms with E-state index in [0.717, 1.165) is 0 Å². The van der Waals surface area contributed by atoms with Gasteiger partial charge >= 0.3 is 6.09 Å². The molecule has 0 saturated heterocycles. The first-order valence-electron chi connectivity index (χ1n) is 5.41. The second kappa shape index (κ2) is 4.95. The Kier molecular flexibility index (Phi) is 3.80. The van der Waals surface area contributed by atoms with Crippen LogP contribution in [0.2, 0.25) is 0 Å². The van der Waals surface area contributed by atoms with E-state index in [2.05, 4.69) is 4.99 Å². The van der Waals surface area contributed by atoms with E-state index in [-0.39, 0.29) is 5.84 Å². The van der Waals surface area contributed by atoms with Crippen molar-refractivity contribution in [2.75, 3.05) is 11.5 Å². The number of carbonyl (C=O) groups excluding carboxylic acids is 1. The lowest BCUT2D eigenvalue weighted by molar-refractivity contribution is 0.0604. The van der Waals surface area contributed by atoms with Gasteiger partial charge in [0, 0.05) is 5.56 Å². The summed E-state index contributed by atoms with van der Waals surface area (Å²) in [4.78, 5) is 15.1. The molecule has 0 heterocycles.